The van der Waals surface area contributed by atoms with E-state index in [4.69, 9.17) is 4.74 Å². The van der Waals surface area contributed by atoms with Crippen molar-refractivity contribution < 1.29 is 14.6 Å². The van der Waals surface area contributed by atoms with E-state index in [1.54, 1.807) is 0 Å². The molecule has 0 spiro atoms. The average molecular weight is 330 g/mol. The molecule has 3 heteroatoms. The molecule has 0 saturated carbocycles. The Bertz CT molecular complexity index is 889. The highest BCUT2D eigenvalue weighted by molar-refractivity contribution is 5.72. The van der Waals surface area contributed by atoms with Crippen LogP contribution in [0.25, 0.3) is 0 Å². The number of ether oxygens (including phenoxy) is 1. The first-order valence-electron chi connectivity index (χ1n) is 8.30. The fraction of sp³-hybridized carbons (Fsp3) is 0.136. The number of carboxylic acid groups (broad SMARTS) is 1. The van der Waals surface area contributed by atoms with Gasteiger partial charge >= 0.3 is 5.97 Å². The molecule has 0 fully saturated rings. The van der Waals surface area contributed by atoms with E-state index in [9.17, 15) is 9.90 Å². The fourth-order valence-electron chi connectivity index (χ4n) is 3.86. The zero-order valence-electron chi connectivity index (χ0n) is 13.6. The van der Waals surface area contributed by atoms with Gasteiger partial charge in [-0.2, -0.15) is 0 Å². The van der Waals surface area contributed by atoms with Crippen LogP contribution < -0.4 is 4.74 Å². The minimum atomic E-state index is -0.843. The van der Waals surface area contributed by atoms with E-state index in [-0.39, 0.29) is 12.5 Å². The van der Waals surface area contributed by atoms with E-state index in [2.05, 4.69) is 0 Å². The van der Waals surface area contributed by atoms with Crippen molar-refractivity contribution in [2.45, 2.75) is 17.9 Å². The standard InChI is InChI=1S/C22H18O3/c23-20(24)15-22(17-11-5-2-6-12-17)18-13-7-8-14-19(18)25-21(22)16-9-3-1-4-10-16/h1-14,21H,15H2,(H,23,24)/t21?,22-/m0/s1. The topological polar surface area (TPSA) is 46.5 Å². The fourth-order valence-corrected chi connectivity index (χ4v) is 3.86. The number of fused-ring (bicyclic) bond motifs is 1. The first kappa shape index (κ1) is 15.5. The summed E-state index contributed by atoms with van der Waals surface area (Å²) >= 11 is 0. The molecule has 0 radical (unpaired) electrons. The smallest absolute Gasteiger partial charge is 0.304 e. The molecular weight excluding hydrogens is 312 g/mol. The number of carboxylic acids is 1. The minimum absolute atomic E-state index is 0.0341. The lowest BCUT2D eigenvalue weighted by molar-refractivity contribution is -0.138. The summed E-state index contributed by atoms with van der Waals surface area (Å²) in [5.41, 5.74) is 2.10. The molecule has 2 atom stereocenters. The first-order chi connectivity index (χ1) is 12.2. The summed E-state index contributed by atoms with van der Waals surface area (Å²) in [4.78, 5) is 11.9. The first-order valence-corrected chi connectivity index (χ1v) is 8.30. The van der Waals surface area contributed by atoms with Crippen molar-refractivity contribution in [2.75, 3.05) is 0 Å². The molecule has 3 aromatic rings. The van der Waals surface area contributed by atoms with Gasteiger partial charge in [0.15, 0.2) is 0 Å². The molecule has 0 saturated heterocycles. The average Bonchev–Trinajstić information content (AvgIpc) is 2.98. The second kappa shape index (κ2) is 6.10. The van der Waals surface area contributed by atoms with Gasteiger partial charge in [-0.1, -0.05) is 78.9 Å². The third-order valence-electron chi connectivity index (χ3n) is 4.88. The summed E-state index contributed by atoms with van der Waals surface area (Å²) in [7, 11) is 0. The number of benzene rings is 3. The van der Waals surface area contributed by atoms with Crippen molar-refractivity contribution in [1.29, 1.82) is 0 Å². The molecule has 4 rings (SSSR count). The maximum absolute atomic E-state index is 11.9. The summed E-state index contributed by atoms with van der Waals surface area (Å²) in [6, 6.07) is 27.4. The van der Waals surface area contributed by atoms with E-state index in [1.807, 2.05) is 84.9 Å². The Morgan fingerprint density at radius 2 is 1.48 bits per heavy atom. The van der Waals surface area contributed by atoms with E-state index in [0.717, 1.165) is 22.4 Å². The highest BCUT2D eigenvalue weighted by Gasteiger charge is 2.52. The van der Waals surface area contributed by atoms with Crippen LogP contribution in [0, 0.1) is 0 Å². The number of rotatable bonds is 4. The predicted molar refractivity (Wildman–Crippen MR) is 95.7 cm³/mol. The van der Waals surface area contributed by atoms with Crippen molar-refractivity contribution in [2.24, 2.45) is 0 Å². The lowest BCUT2D eigenvalue weighted by Crippen LogP contribution is -2.35. The SMILES string of the molecule is O=C(O)C[C@]1(c2ccccc2)c2ccccc2OC1c1ccccc1. The molecular formula is C22H18O3. The third kappa shape index (κ3) is 2.49. The Labute approximate surface area is 146 Å². The zero-order valence-corrected chi connectivity index (χ0v) is 13.6. The van der Waals surface area contributed by atoms with E-state index < -0.39 is 11.4 Å². The third-order valence-corrected chi connectivity index (χ3v) is 4.88. The van der Waals surface area contributed by atoms with Gasteiger partial charge < -0.3 is 9.84 Å². The predicted octanol–water partition coefficient (Wildman–Crippen LogP) is 4.58. The van der Waals surface area contributed by atoms with Gasteiger partial charge in [0.2, 0.25) is 0 Å². The van der Waals surface area contributed by atoms with Crippen LogP contribution in [-0.4, -0.2) is 11.1 Å². The molecule has 0 aromatic heterocycles. The van der Waals surface area contributed by atoms with Gasteiger partial charge in [0, 0.05) is 5.56 Å². The van der Waals surface area contributed by atoms with Crippen LogP contribution in [0.3, 0.4) is 0 Å². The van der Waals surface area contributed by atoms with Gasteiger partial charge in [-0.3, -0.25) is 4.79 Å². The molecule has 25 heavy (non-hydrogen) atoms. The molecule has 1 aliphatic heterocycles. The minimum Gasteiger partial charge on any atom is -0.484 e. The molecule has 1 N–H and O–H groups in total. The van der Waals surface area contributed by atoms with Crippen LogP contribution in [-0.2, 0) is 10.2 Å². The van der Waals surface area contributed by atoms with Crippen LogP contribution in [0.15, 0.2) is 84.9 Å². The maximum Gasteiger partial charge on any atom is 0.304 e. The van der Waals surface area contributed by atoms with Crippen molar-refractivity contribution in [3.63, 3.8) is 0 Å². The van der Waals surface area contributed by atoms with E-state index >= 15 is 0 Å². The van der Waals surface area contributed by atoms with Crippen LogP contribution in [0.1, 0.15) is 29.2 Å². The van der Waals surface area contributed by atoms with Crippen molar-refractivity contribution in [1.82, 2.24) is 0 Å². The summed E-state index contributed by atoms with van der Waals surface area (Å²) in [5, 5.41) is 9.74. The molecule has 1 unspecified atom stereocenters. The molecule has 0 bridgehead atoms. The lowest BCUT2D eigenvalue weighted by Gasteiger charge is -2.34. The molecule has 0 aliphatic carbocycles. The molecule has 124 valence electrons. The summed E-state index contributed by atoms with van der Waals surface area (Å²) in [6.45, 7) is 0. The van der Waals surface area contributed by atoms with Crippen LogP contribution in [0.2, 0.25) is 0 Å². The Hall–Kier alpha value is -3.07. The van der Waals surface area contributed by atoms with Crippen molar-refractivity contribution >= 4 is 5.97 Å². The molecule has 3 aromatic carbocycles. The summed E-state index contributed by atoms with van der Waals surface area (Å²) in [5.74, 6) is -0.0912. The van der Waals surface area contributed by atoms with Gasteiger partial charge in [-0.15, -0.1) is 0 Å². The van der Waals surface area contributed by atoms with Gasteiger partial charge in [-0.25, -0.2) is 0 Å². The number of para-hydroxylation sites is 1. The van der Waals surface area contributed by atoms with Gasteiger partial charge in [-0.05, 0) is 17.2 Å². The summed E-state index contributed by atoms with van der Waals surface area (Å²) < 4.78 is 6.30. The number of hydrogen-bond donors (Lipinski definition) is 1. The van der Waals surface area contributed by atoms with Crippen LogP contribution in [0.4, 0.5) is 0 Å². The van der Waals surface area contributed by atoms with Crippen molar-refractivity contribution in [3.8, 4) is 5.75 Å². The molecule has 0 amide bonds. The Morgan fingerprint density at radius 3 is 2.16 bits per heavy atom. The van der Waals surface area contributed by atoms with E-state index in [1.165, 1.54) is 0 Å². The van der Waals surface area contributed by atoms with Gasteiger partial charge in [0.1, 0.15) is 11.9 Å². The number of hydrogen-bond acceptors (Lipinski definition) is 2. The highest BCUT2D eigenvalue weighted by atomic mass is 16.5. The van der Waals surface area contributed by atoms with E-state index in [0.29, 0.717) is 0 Å². The Balaban J connectivity index is 2.00. The number of carbonyl (C=O) groups is 1. The maximum atomic E-state index is 11.9. The van der Waals surface area contributed by atoms with Crippen molar-refractivity contribution in [3.05, 3.63) is 102 Å². The van der Waals surface area contributed by atoms with Crippen LogP contribution in [0.5, 0.6) is 5.75 Å². The summed E-state index contributed by atoms with van der Waals surface area (Å²) in [6.07, 6.45) is -0.419. The van der Waals surface area contributed by atoms with Gasteiger partial charge in [0.25, 0.3) is 0 Å². The Morgan fingerprint density at radius 1 is 0.880 bits per heavy atom. The normalized spacial score (nSPS) is 21.4. The second-order valence-electron chi connectivity index (χ2n) is 6.31. The number of aliphatic carboxylic acids is 1. The zero-order chi connectivity index (χ0) is 17.3. The van der Waals surface area contributed by atoms with Crippen LogP contribution >= 0.6 is 0 Å². The highest BCUT2D eigenvalue weighted by Crippen LogP contribution is 2.55. The quantitative estimate of drug-likeness (QED) is 0.761. The molecule has 1 aliphatic rings. The second-order valence-corrected chi connectivity index (χ2v) is 6.31. The largest absolute Gasteiger partial charge is 0.484 e. The lowest BCUT2D eigenvalue weighted by atomic mass is 9.67. The molecule has 3 nitrogen and oxygen atoms in total. The Kier molecular flexibility index (Phi) is 3.77. The van der Waals surface area contributed by atoms with Gasteiger partial charge in [0.05, 0.1) is 11.8 Å². The molecule has 1 heterocycles. The monoisotopic (exact) mass is 330 g/mol.